The van der Waals surface area contributed by atoms with Gasteiger partial charge in [-0.2, -0.15) is 4.98 Å². The lowest BCUT2D eigenvalue weighted by Gasteiger charge is -2.16. The van der Waals surface area contributed by atoms with Gasteiger partial charge in [-0.25, -0.2) is 4.98 Å². The van der Waals surface area contributed by atoms with Gasteiger partial charge in [-0.3, -0.25) is 0 Å². The molecule has 0 aliphatic carbocycles. The van der Waals surface area contributed by atoms with E-state index in [-0.39, 0.29) is 6.04 Å². The van der Waals surface area contributed by atoms with Crippen LogP contribution in [0.25, 0.3) is 10.2 Å². The van der Waals surface area contributed by atoms with Crippen molar-refractivity contribution in [3.63, 3.8) is 0 Å². The van der Waals surface area contributed by atoms with Gasteiger partial charge in [-0.15, -0.1) is 22.7 Å². The fraction of sp³-hybridized carbons (Fsp3) is 0.333. The van der Waals surface area contributed by atoms with Crippen LogP contribution < -0.4 is 11.1 Å². The van der Waals surface area contributed by atoms with Crippen LogP contribution in [0.15, 0.2) is 23.6 Å². The third kappa shape index (κ3) is 2.87. The Kier molecular flexibility index (Phi) is 4.07. The molecule has 0 fully saturated rings. The summed E-state index contributed by atoms with van der Waals surface area (Å²) in [6.45, 7) is 4.32. The van der Waals surface area contributed by atoms with Gasteiger partial charge >= 0.3 is 0 Å². The molecule has 110 valence electrons. The summed E-state index contributed by atoms with van der Waals surface area (Å²) < 4.78 is 0. The van der Waals surface area contributed by atoms with Crippen molar-refractivity contribution in [3.8, 4) is 0 Å². The van der Waals surface area contributed by atoms with Gasteiger partial charge in [-0.05, 0) is 30.4 Å². The van der Waals surface area contributed by atoms with E-state index < -0.39 is 0 Å². The Bertz CT molecular complexity index is 734. The normalized spacial score (nSPS) is 12.7. The van der Waals surface area contributed by atoms with Crippen LogP contribution in [0.5, 0.6) is 0 Å². The van der Waals surface area contributed by atoms with Crippen LogP contribution in [0, 0.1) is 0 Å². The molecular weight excluding hydrogens is 300 g/mol. The zero-order chi connectivity index (χ0) is 14.8. The predicted molar refractivity (Wildman–Crippen MR) is 92.2 cm³/mol. The van der Waals surface area contributed by atoms with Gasteiger partial charge < -0.3 is 11.1 Å². The largest absolute Gasteiger partial charge is 0.368 e. The van der Waals surface area contributed by atoms with Crippen LogP contribution in [0.4, 0.5) is 11.8 Å². The molecule has 0 aliphatic rings. The number of nitrogens with one attached hydrogen (secondary N) is 1. The smallest absolute Gasteiger partial charge is 0.223 e. The molecule has 0 bridgehead atoms. The Morgan fingerprint density at radius 2 is 2.19 bits per heavy atom. The van der Waals surface area contributed by atoms with Crippen LogP contribution in [-0.2, 0) is 6.42 Å². The van der Waals surface area contributed by atoms with Crippen LogP contribution >= 0.6 is 22.7 Å². The maximum absolute atomic E-state index is 5.86. The highest BCUT2D eigenvalue weighted by Crippen LogP contribution is 2.33. The summed E-state index contributed by atoms with van der Waals surface area (Å²) in [5.74, 6) is 1.17. The number of thiophene rings is 2. The molecule has 3 N–H and O–H groups in total. The van der Waals surface area contributed by atoms with E-state index in [1.165, 1.54) is 9.75 Å². The number of rotatable bonds is 5. The lowest BCUT2D eigenvalue weighted by molar-refractivity contribution is 0.760. The molecule has 3 heterocycles. The van der Waals surface area contributed by atoms with E-state index in [0.29, 0.717) is 5.95 Å². The van der Waals surface area contributed by atoms with E-state index in [2.05, 4.69) is 52.7 Å². The van der Waals surface area contributed by atoms with Crippen molar-refractivity contribution >= 4 is 44.7 Å². The Morgan fingerprint density at radius 1 is 1.33 bits per heavy atom. The molecule has 21 heavy (non-hydrogen) atoms. The molecule has 3 aromatic heterocycles. The zero-order valence-electron chi connectivity index (χ0n) is 12.1. The third-order valence-corrected chi connectivity index (χ3v) is 5.57. The van der Waals surface area contributed by atoms with Gasteiger partial charge in [-0.1, -0.05) is 19.9 Å². The van der Waals surface area contributed by atoms with E-state index in [0.717, 1.165) is 28.9 Å². The fourth-order valence-corrected chi connectivity index (χ4v) is 4.14. The van der Waals surface area contributed by atoms with Gasteiger partial charge in [0.05, 0.1) is 11.4 Å². The van der Waals surface area contributed by atoms with Crippen LogP contribution in [0.2, 0.25) is 0 Å². The molecule has 1 atom stereocenters. The van der Waals surface area contributed by atoms with Crippen molar-refractivity contribution in [2.24, 2.45) is 0 Å². The number of aryl methyl sites for hydroxylation is 1. The van der Waals surface area contributed by atoms with Crippen LogP contribution in [0.3, 0.4) is 0 Å². The first-order chi connectivity index (χ1) is 10.2. The number of aromatic nitrogens is 2. The minimum Gasteiger partial charge on any atom is -0.368 e. The van der Waals surface area contributed by atoms with E-state index in [1.54, 1.807) is 22.7 Å². The standard InChI is InChI=1S/C15H18N4S2/c1-3-9-8-10-13(18-15(16)19-14(10)21-9)17-11(4-2)12-6-5-7-20-12/h5-8,11H,3-4H2,1-2H3,(H3,16,17,18,19). The molecule has 0 saturated carbocycles. The number of nitrogens with zero attached hydrogens (tertiary/aromatic N) is 2. The Balaban J connectivity index is 2.00. The monoisotopic (exact) mass is 318 g/mol. The van der Waals surface area contributed by atoms with E-state index in [1.807, 2.05) is 0 Å². The van der Waals surface area contributed by atoms with E-state index in [4.69, 9.17) is 5.73 Å². The number of anilines is 2. The molecule has 0 spiro atoms. The van der Waals surface area contributed by atoms with E-state index >= 15 is 0 Å². The summed E-state index contributed by atoms with van der Waals surface area (Å²) in [6, 6.07) is 6.66. The molecule has 0 aliphatic heterocycles. The first kappa shape index (κ1) is 14.3. The summed E-state index contributed by atoms with van der Waals surface area (Å²) in [4.78, 5) is 12.3. The summed E-state index contributed by atoms with van der Waals surface area (Å²) in [5.41, 5.74) is 5.86. The zero-order valence-corrected chi connectivity index (χ0v) is 13.7. The second-order valence-corrected chi connectivity index (χ2v) is 6.93. The average molecular weight is 318 g/mol. The number of hydrogen-bond acceptors (Lipinski definition) is 6. The lowest BCUT2D eigenvalue weighted by Crippen LogP contribution is -2.10. The highest BCUT2D eigenvalue weighted by molar-refractivity contribution is 7.18. The minimum absolute atomic E-state index is 0.257. The predicted octanol–water partition coefficient (Wildman–Crippen LogP) is 4.46. The van der Waals surface area contributed by atoms with Crippen molar-refractivity contribution < 1.29 is 0 Å². The molecule has 4 nitrogen and oxygen atoms in total. The van der Waals surface area contributed by atoms with Crippen LogP contribution in [0.1, 0.15) is 36.1 Å². The molecular formula is C15H18N4S2. The fourth-order valence-electron chi connectivity index (χ4n) is 2.30. The summed E-state index contributed by atoms with van der Waals surface area (Å²) >= 11 is 3.45. The summed E-state index contributed by atoms with van der Waals surface area (Å²) in [5, 5.41) is 6.71. The lowest BCUT2D eigenvalue weighted by atomic mass is 10.2. The summed E-state index contributed by atoms with van der Waals surface area (Å²) in [7, 11) is 0. The molecule has 3 rings (SSSR count). The molecule has 3 aromatic rings. The number of nitrogen functional groups attached to an aromatic ring is 1. The second kappa shape index (κ2) is 5.99. The quantitative estimate of drug-likeness (QED) is 0.729. The van der Waals surface area contributed by atoms with Gasteiger partial charge in [0, 0.05) is 9.75 Å². The first-order valence-electron chi connectivity index (χ1n) is 7.07. The number of nitrogens with two attached hydrogens (primary N) is 1. The topological polar surface area (TPSA) is 63.8 Å². The first-order valence-corrected chi connectivity index (χ1v) is 8.76. The second-order valence-electron chi connectivity index (χ2n) is 4.84. The molecule has 1 unspecified atom stereocenters. The third-order valence-electron chi connectivity index (χ3n) is 3.42. The number of fused-ring (bicyclic) bond motifs is 1. The van der Waals surface area contributed by atoms with Crippen molar-refractivity contribution in [2.45, 2.75) is 32.7 Å². The maximum Gasteiger partial charge on any atom is 0.223 e. The molecule has 0 amide bonds. The summed E-state index contributed by atoms with van der Waals surface area (Å²) in [6.07, 6.45) is 2.00. The SMILES string of the molecule is CCc1cc2c(NC(CC)c3cccs3)nc(N)nc2s1. The molecule has 0 aromatic carbocycles. The van der Waals surface area contributed by atoms with Crippen molar-refractivity contribution in [2.75, 3.05) is 11.1 Å². The van der Waals surface area contributed by atoms with Gasteiger partial charge in [0.25, 0.3) is 0 Å². The van der Waals surface area contributed by atoms with Crippen molar-refractivity contribution in [1.29, 1.82) is 0 Å². The Morgan fingerprint density at radius 3 is 2.86 bits per heavy atom. The highest BCUT2D eigenvalue weighted by Gasteiger charge is 2.15. The van der Waals surface area contributed by atoms with Crippen molar-refractivity contribution in [3.05, 3.63) is 33.3 Å². The minimum atomic E-state index is 0.257. The highest BCUT2D eigenvalue weighted by atomic mass is 32.1. The molecule has 6 heteroatoms. The molecule has 0 saturated heterocycles. The van der Waals surface area contributed by atoms with Gasteiger partial charge in [0.2, 0.25) is 5.95 Å². The van der Waals surface area contributed by atoms with Crippen molar-refractivity contribution in [1.82, 2.24) is 9.97 Å². The Hall–Kier alpha value is -1.66. The van der Waals surface area contributed by atoms with Gasteiger partial charge in [0.1, 0.15) is 10.6 Å². The Labute approximate surface area is 132 Å². The number of hydrogen-bond donors (Lipinski definition) is 2. The van der Waals surface area contributed by atoms with Crippen LogP contribution in [-0.4, -0.2) is 9.97 Å². The molecule has 0 radical (unpaired) electrons. The average Bonchev–Trinajstić information content (AvgIpc) is 3.13. The van der Waals surface area contributed by atoms with Gasteiger partial charge in [0.15, 0.2) is 0 Å². The maximum atomic E-state index is 5.86. The van der Waals surface area contributed by atoms with E-state index in [9.17, 15) is 0 Å².